The van der Waals surface area contributed by atoms with Gasteiger partial charge in [0.25, 0.3) is 0 Å². The third-order valence-corrected chi connectivity index (χ3v) is 4.62. The molecule has 0 saturated carbocycles. The maximum absolute atomic E-state index is 10.8. The fourth-order valence-electron chi connectivity index (χ4n) is 3.68. The minimum absolute atomic E-state index is 0.190. The van der Waals surface area contributed by atoms with Gasteiger partial charge in [-0.2, -0.15) is 0 Å². The van der Waals surface area contributed by atoms with Gasteiger partial charge in [0, 0.05) is 18.3 Å². The van der Waals surface area contributed by atoms with Gasteiger partial charge in [-0.25, -0.2) is 0 Å². The van der Waals surface area contributed by atoms with Crippen molar-refractivity contribution in [2.75, 3.05) is 0 Å². The number of carboxylic acids is 1. The van der Waals surface area contributed by atoms with Crippen LogP contribution in [0.5, 0.6) is 0 Å². The standard InChI is InChI=1S/C19H16O2/c20-17(21)9-4-12-10-15-7-5-13-2-1-3-14-6-8-16(11-12)19(15)18(13)14/h1-3,5-8,10-11,18-19H,4,9H2,(H,20,21). The smallest absolute Gasteiger partial charge is 0.303 e. The molecule has 0 aromatic rings. The molecule has 21 heavy (non-hydrogen) atoms. The van der Waals surface area contributed by atoms with E-state index in [0.29, 0.717) is 18.3 Å². The van der Waals surface area contributed by atoms with Gasteiger partial charge in [0.1, 0.15) is 0 Å². The molecule has 0 amide bonds. The second-order valence-corrected chi connectivity index (χ2v) is 5.91. The minimum Gasteiger partial charge on any atom is -0.481 e. The zero-order valence-electron chi connectivity index (χ0n) is 11.6. The molecule has 2 heteroatoms. The highest BCUT2D eigenvalue weighted by atomic mass is 16.4. The molecular weight excluding hydrogens is 260 g/mol. The van der Waals surface area contributed by atoms with Crippen molar-refractivity contribution in [1.29, 1.82) is 0 Å². The maximum Gasteiger partial charge on any atom is 0.303 e. The van der Waals surface area contributed by atoms with Crippen LogP contribution >= 0.6 is 0 Å². The predicted octanol–water partition coefficient (Wildman–Crippen LogP) is 3.88. The number of carbonyl (C=O) groups is 1. The van der Waals surface area contributed by atoms with Crippen LogP contribution in [0.15, 0.2) is 82.5 Å². The van der Waals surface area contributed by atoms with Crippen LogP contribution in [0.3, 0.4) is 0 Å². The molecule has 0 aromatic heterocycles. The molecule has 104 valence electrons. The van der Waals surface area contributed by atoms with Gasteiger partial charge in [-0.05, 0) is 34.3 Å². The van der Waals surface area contributed by atoms with Crippen molar-refractivity contribution in [2.45, 2.75) is 12.8 Å². The van der Waals surface area contributed by atoms with Crippen molar-refractivity contribution in [1.82, 2.24) is 0 Å². The number of carboxylic acid groups (broad SMARTS) is 1. The molecular formula is C19H16O2. The molecule has 0 saturated heterocycles. The first-order valence-corrected chi connectivity index (χ1v) is 7.34. The molecule has 4 rings (SSSR count). The third-order valence-electron chi connectivity index (χ3n) is 4.62. The molecule has 0 aliphatic heterocycles. The Morgan fingerprint density at radius 3 is 2.48 bits per heavy atom. The molecule has 0 heterocycles. The topological polar surface area (TPSA) is 37.3 Å². The first-order chi connectivity index (χ1) is 10.2. The van der Waals surface area contributed by atoms with Gasteiger partial charge in [-0.3, -0.25) is 4.79 Å². The summed E-state index contributed by atoms with van der Waals surface area (Å²) in [5.41, 5.74) is 6.49. The quantitative estimate of drug-likeness (QED) is 0.849. The average molecular weight is 276 g/mol. The largest absolute Gasteiger partial charge is 0.481 e. The average Bonchev–Trinajstić information content (AvgIpc) is 2.50. The van der Waals surface area contributed by atoms with Crippen molar-refractivity contribution in [2.24, 2.45) is 11.8 Å². The van der Waals surface area contributed by atoms with Crippen molar-refractivity contribution in [3.8, 4) is 0 Å². The van der Waals surface area contributed by atoms with Crippen LogP contribution in [0.4, 0.5) is 0 Å². The van der Waals surface area contributed by atoms with E-state index >= 15 is 0 Å². The summed E-state index contributed by atoms with van der Waals surface area (Å²) in [7, 11) is 0. The summed E-state index contributed by atoms with van der Waals surface area (Å²) in [5.74, 6) is 0.0985. The number of rotatable bonds is 3. The third kappa shape index (κ3) is 1.99. The Bertz CT molecular complexity index is 736. The summed E-state index contributed by atoms with van der Waals surface area (Å²) in [6, 6.07) is 0. The summed E-state index contributed by atoms with van der Waals surface area (Å²) in [5, 5.41) is 8.86. The molecule has 4 aliphatic rings. The zero-order valence-corrected chi connectivity index (χ0v) is 11.6. The van der Waals surface area contributed by atoms with Gasteiger partial charge in [0.15, 0.2) is 0 Å². The first kappa shape index (κ1) is 12.4. The molecule has 0 bridgehead atoms. The lowest BCUT2D eigenvalue weighted by molar-refractivity contribution is -0.136. The van der Waals surface area contributed by atoms with Crippen LogP contribution in [0.25, 0.3) is 0 Å². The minimum atomic E-state index is -0.738. The maximum atomic E-state index is 10.8. The summed E-state index contributed by atoms with van der Waals surface area (Å²) < 4.78 is 0. The van der Waals surface area contributed by atoms with E-state index in [1.807, 2.05) is 0 Å². The van der Waals surface area contributed by atoms with Crippen LogP contribution < -0.4 is 0 Å². The predicted molar refractivity (Wildman–Crippen MR) is 82.5 cm³/mol. The Balaban J connectivity index is 1.76. The number of hydrogen-bond acceptors (Lipinski definition) is 1. The fourth-order valence-corrected chi connectivity index (χ4v) is 3.68. The Labute approximate surface area is 123 Å². The van der Waals surface area contributed by atoms with Gasteiger partial charge in [-0.1, -0.05) is 54.7 Å². The van der Waals surface area contributed by atoms with Crippen LogP contribution in [-0.4, -0.2) is 11.1 Å². The molecule has 2 nitrogen and oxygen atoms in total. The van der Waals surface area contributed by atoms with Crippen molar-refractivity contribution in [3.05, 3.63) is 82.5 Å². The molecule has 4 aliphatic carbocycles. The fraction of sp³-hybridized carbons (Fsp3) is 0.211. The van der Waals surface area contributed by atoms with Crippen LogP contribution in [-0.2, 0) is 4.79 Å². The Morgan fingerprint density at radius 1 is 0.905 bits per heavy atom. The Hall–Kier alpha value is -2.35. The Kier molecular flexibility index (Phi) is 2.71. The summed E-state index contributed by atoms with van der Waals surface area (Å²) in [6.07, 6.45) is 20.4. The van der Waals surface area contributed by atoms with Crippen LogP contribution in [0, 0.1) is 11.8 Å². The number of allylic oxidation sites excluding steroid dienone is 14. The molecule has 0 radical (unpaired) electrons. The van der Waals surface area contributed by atoms with Crippen LogP contribution in [0.1, 0.15) is 12.8 Å². The van der Waals surface area contributed by atoms with E-state index in [1.54, 1.807) is 0 Å². The van der Waals surface area contributed by atoms with Gasteiger partial charge in [-0.15, -0.1) is 0 Å². The van der Waals surface area contributed by atoms with E-state index in [4.69, 9.17) is 5.11 Å². The molecule has 2 atom stereocenters. The lowest BCUT2D eigenvalue weighted by Gasteiger charge is -2.40. The van der Waals surface area contributed by atoms with Crippen molar-refractivity contribution in [3.63, 3.8) is 0 Å². The summed E-state index contributed by atoms with van der Waals surface area (Å²) in [4.78, 5) is 10.8. The van der Waals surface area contributed by atoms with Gasteiger partial charge >= 0.3 is 5.97 Å². The SMILES string of the molecule is O=C(O)CCC1=CC2=CC=C3C=CC=C4C=CC(=C1)C2C43. The molecule has 0 spiro atoms. The van der Waals surface area contributed by atoms with E-state index in [-0.39, 0.29) is 6.42 Å². The van der Waals surface area contributed by atoms with E-state index in [0.717, 1.165) is 5.57 Å². The highest BCUT2D eigenvalue weighted by Crippen LogP contribution is 2.49. The van der Waals surface area contributed by atoms with Gasteiger partial charge in [0.2, 0.25) is 0 Å². The van der Waals surface area contributed by atoms with E-state index in [1.165, 1.54) is 22.3 Å². The zero-order chi connectivity index (χ0) is 14.4. The highest BCUT2D eigenvalue weighted by Gasteiger charge is 2.37. The number of hydrogen-bond donors (Lipinski definition) is 1. The highest BCUT2D eigenvalue weighted by molar-refractivity contribution is 5.68. The van der Waals surface area contributed by atoms with Crippen molar-refractivity contribution < 1.29 is 9.90 Å². The summed E-state index contributed by atoms with van der Waals surface area (Å²) >= 11 is 0. The lowest BCUT2D eigenvalue weighted by Crippen LogP contribution is -2.28. The molecule has 0 aromatic carbocycles. The Morgan fingerprint density at radius 2 is 1.62 bits per heavy atom. The van der Waals surface area contributed by atoms with E-state index < -0.39 is 5.97 Å². The molecule has 0 fully saturated rings. The van der Waals surface area contributed by atoms with E-state index in [2.05, 4.69) is 54.7 Å². The monoisotopic (exact) mass is 276 g/mol. The first-order valence-electron chi connectivity index (χ1n) is 7.34. The van der Waals surface area contributed by atoms with E-state index in [9.17, 15) is 4.79 Å². The normalized spacial score (nSPS) is 27.9. The van der Waals surface area contributed by atoms with Gasteiger partial charge in [0.05, 0.1) is 0 Å². The van der Waals surface area contributed by atoms with Crippen molar-refractivity contribution >= 4 is 5.97 Å². The van der Waals surface area contributed by atoms with Gasteiger partial charge < -0.3 is 5.11 Å². The second kappa shape index (κ2) is 4.59. The second-order valence-electron chi connectivity index (χ2n) is 5.91. The number of aliphatic carboxylic acids is 1. The molecule has 2 unspecified atom stereocenters. The summed E-state index contributed by atoms with van der Waals surface area (Å²) in [6.45, 7) is 0. The van der Waals surface area contributed by atoms with Crippen LogP contribution in [0.2, 0.25) is 0 Å². The lowest BCUT2D eigenvalue weighted by atomic mass is 9.64. The molecule has 1 N–H and O–H groups in total.